The van der Waals surface area contributed by atoms with E-state index in [1.165, 1.54) is 6.42 Å². The van der Waals surface area contributed by atoms with E-state index in [0.717, 1.165) is 19.4 Å². The first-order valence-corrected chi connectivity index (χ1v) is 5.65. The fourth-order valence-electron chi connectivity index (χ4n) is 2.21. The predicted molar refractivity (Wildman–Crippen MR) is 61.9 cm³/mol. The molecule has 1 saturated heterocycles. The normalized spacial score (nSPS) is 20.8. The Morgan fingerprint density at radius 1 is 1.56 bits per heavy atom. The van der Waals surface area contributed by atoms with Crippen molar-refractivity contribution in [1.82, 2.24) is 4.98 Å². The van der Waals surface area contributed by atoms with Gasteiger partial charge in [-0.2, -0.15) is 0 Å². The fourth-order valence-corrected chi connectivity index (χ4v) is 2.21. The maximum absolute atomic E-state index is 11.1. The first-order valence-electron chi connectivity index (χ1n) is 5.65. The van der Waals surface area contributed by atoms with Crippen molar-refractivity contribution >= 4 is 11.8 Å². The molecule has 4 nitrogen and oxygen atoms in total. The Labute approximate surface area is 94.9 Å². The van der Waals surface area contributed by atoms with Crippen LogP contribution in [0.5, 0.6) is 0 Å². The van der Waals surface area contributed by atoms with E-state index >= 15 is 0 Å². The summed E-state index contributed by atoms with van der Waals surface area (Å²) < 4.78 is 0. The molecule has 1 N–H and O–H groups in total. The molecule has 0 radical (unpaired) electrons. The molecule has 1 aromatic heterocycles. The summed E-state index contributed by atoms with van der Waals surface area (Å²) in [5.74, 6) is -0.289. The molecule has 16 heavy (non-hydrogen) atoms. The Kier molecular flexibility index (Phi) is 3.08. The lowest BCUT2D eigenvalue weighted by atomic mass is 10.0. The molecule has 0 bridgehead atoms. The van der Waals surface area contributed by atoms with Gasteiger partial charge in [0.25, 0.3) is 0 Å². The molecule has 1 atom stereocenters. The average Bonchev–Trinajstić information content (AvgIpc) is 2.29. The van der Waals surface area contributed by atoms with Crippen LogP contribution >= 0.6 is 0 Å². The Morgan fingerprint density at radius 2 is 2.38 bits per heavy atom. The highest BCUT2D eigenvalue weighted by atomic mass is 16.4. The van der Waals surface area contributed by atoms with E-state index in [9.17, 15) is 4.79 Å². The van der Waals surface area contributed by atoms with Gasteiger partial charge in [0.2, 0.25) is 0 Å². The molecule has 0 saturated carbocycles. The van der Waals surface area contributed by atoms with Crippen LogP contribution < -0.4 is 4.90 Å². The molecule has 0 unspecified atom stereocenters. The molecule has 4 heteroatoms. The zero-order valence-corrected chi connectivity index (χ0v) is 9.39. The maximum atomic E-state index is 11.1. The lowest BCUT2D eigenvalue weighted by molar-refractivity contribution is 0.0697. The van der Waals surface area contributed by atoms with Gasteiger partial charge in [0.15, 0.2) is 0 Å². The highest BCUT2D eigenvalue weighted by Crippen LogP contribution is 2.25. The molecule has 1 aliphatic heterocycles. The van der Waals surface area contributed by atoms with Gasteiger partial charge in [0, 0.05) is 18.8 Å². The Bertz CT molecular complexity index is 392. The maximum Gasteiger partial charge on any atom is 0.339 e. The molecule has 0 aliphatic carbocycles. The fraction of sp³-hybridized carbons (Fsp3) is 0.500. The third kappa shape index (κ3) is 2.01. The number of hydrogen-bond donors (Lipinski definition) is 1. The van der Waals surface area contributed by atoms with Crippen molar-refractivity contribution in [1.29, 1.82) is 0 Å². The quantitative estimate of drug-likeness (QED) is 0.829. The highest BCUT2D eigenvalue weighted by Gasteiger charge is 2.23. The minimum absolute atomic E-state index is 0.302. The van der Waals surface area contributed by atoms with Crippen LogP contribution in [0, 0.1) is 0 Å². The summed E-state index contributed by atoms with van der Waals surface area (Å²) in [5.41, 5.74) is 0.302. The lowest BCUT2D eigenvalue weighted by Crippen LogP contribution is -2.38. The molecular weight excluding hydrogens is 204 g/mol. The SMILES string of the molecule is C[C@H]1CCCCN1c1ncccc1C(=O)O. The van der Waals surface area contributed by atoms with Crippen molar-refractivity contribution in [2.75, 3.05) is 11.4 Å². The topological polar surface area (TPSA) is 53.4 Å². The number of carboxylic acids is 1. The second-order valence-corrected chi connectivity index (χ2v) is 4.22. The van der Waals surface area contributed by atoms with Gasteiger partial charge in [-0.05, 0) is 38.3 Å². The molecule has 0 amide bonds. The van der Waals surface area contributed by atoms with Crippen molar-refractivity contribution in [3.05, 3.63) is 23.9 Å². The first-order chi connectivity index (χ1) is 7.70. The number of piperidine rings is 1. The Balaban J connectivity index is 2.34. The second kappa shape index (κ2) is 4.51. The zero-order chi connectivity index (χ0) is 11.5. The summed E-state index contributed by atoms with van der Waals surface area (Å²) in [6.45, 7) is 3.03. The summed E-state index contributed by atoms with van der Waals surface area (Å²) >= 11 is 0. The Hall–Kier alpha value is -1.58. The number of aromatic nitrogens is 1. The molecule has 0 aromatic carbocycles. The van der Waals surface area contributed by atoms with Gasteiger partial charge >= 0.3 is 5.97 Å². The number of carbonyl (C=O) groups is 1. The van der Waals surface area contributed by atoms with Crippen LogP contribution in [0.2, 0.25) is 0 Å². The summed E-state index contributed by atoms with van der Waals surface area (Å²) in [7, 11) is 0. The third-order valence-corrected chi connectivity index (χ3v) is 3.09. The van der Waals surface area contributed by atoms with E-state index in [1.807, 2.05) is 0 Å². The standard InChI is InChI=1S/C12H16N2O2/c1-9-5-2-3-8-14(9)11-10(12(15)16)6-4-7-13-11/h4,6-7,9H,2-3,5,8H2,1H3,(H,15,16)/t9-/m0/s1. The molecule has 2 heterocycles. The third-order valence-electron chi connectivity index (χ3n) is 3.09. The summed E-state index contributed by atoms with van der Waals surface area (Å²) in [6.07, 6.45) is 5.09. The molecule has 1 aromatic rings. The van der Waals surface area contributed by atoms with Crippen LogP contribution in [0.15, 0.2) is 18.3 Å². The monoisotopic (exact) mass is 220 g/mol. The van der Waals surface area contributed by atoms with Crippen molar-refractivity contribution in [2.24, 2.45) is 0 Å². The van der Waals surface area contributed by atoms with Gasteiger partial charge in [-0.3, -0.25) is 0 Å². The number of pyridine rings is 1. The van der Waals surface area contributed by atoms with Crippen LogP contribution in [0.25, 0.3) is 0 Å². The van der Waals surface area contributed by atoms with Crippen molar-refractivity contribution in [3.8, 4) is 0 Å². The molecule has 86 valence electrons. The van der Waals surface area contributed by atoms with Crippen molar-refractivity contribution in [2.45, 2.75) is 32.2 Å². The molecular formula is C12H16N2O2. The summed E-state index contributed by atoms with van der Waals surface area (Å²) in [4.78, 5) is 17.4. The summed E-state index contributed by atoms with van der Waals surface area (Å²) in [6, 6.07) is 3.66. The minimum atomic E-state index is -0.902. The van der Waals surface area contributed by atoms with Crippen molar-refractivity contribution < 1.29 is 9.90 Å². The van der Waals surface area contributed by atoms with E-state index in [1.54, 1.807) is 18.3 Å². The molecule has 1 aliphatic rings. The number of aromatic carboxylic acids is 1. The van der Waals surface area contributed by atoms with E-state index in [4.69, 9.17) is 5.11 Å². The van der Waals surface area contributed by atoms with Crippen LogP contribution in [-0.2, 0) is 0 Å². The van der Waals surface area contributed by atoms with E-state index in [0.29, 0.717) is 17.4 Å². The largest absolute Gasteiger partial charge is 0.478 e. The van der Waals surface area contributed by atoms with Crippen molar-refractivity contribution in [3.63, 3.8) is 0 Å². The van der Waals surface area contributed by atoms with Crippen LogP contribution in [0.3, 0.4) is 0 Å². The molecule has 2 rings (SSSR count). The van der Waals surface area contributed by atoms with Gasteiger partial charge in [-0.1, -0.05) is 0 Å². The number of hydrogen-bond acceptors (Lipinski definition) is 3. The van der Waals surface area contributed by atoms with Gasteiger partial charge < -0.3 is 10.0 Å². The first kappa shape index (κ1) is 10.9. The summed E-state index contributed by atoms with van der Waals surface area (Å²) in [5, 5.41) is 9.12. The van der Waals surface area contributed by atoms with Gasteiger partial charge in [-0.25, -0.2) is 9.78 Å². The van der Waals surface area contributed by atoms with Gasteiger partial charge in [-0.15, -0.1) is 0 Å². The van der Waals surface area contributed by atoms with E-state index in [2.05, 4.69) is 16.8 Å². The van der Waals surface area contributed by atoms with E-state index < -0.39 is 5.97 Å². The number of rotatable bonds is 2. The second-order valence-electron chi connectivity index (χ2n) is 4.22. The minimum Gasteiger partial charge on any atom is -0.478 e. The molecule has 0 spiro atoms. The number of carboxylic acid groups (broad SMARTS) is 1. The van der Waals surface area contributed by atoms with Crippen LogP contribution in [-0.4, -0.2) is 28.6 Å². The van der Waals surface area contributed by atoms with Crippen LogP contribution in [0.1, 0.15) is 36.5 Å². The van der Waals surface area contributed by atoms with Gasteiger partial charge in [0.05, 0.1) is 0 Å². The predicted octanol–water partition coefficient (Wildman–Crippen LogP) is 2.16. The Morgan fingerprint density at radius 3 is 3.06 bits per heavy atom. The molecule has 1 fully saturated rings. The number of anilines is 1. The van der Waals surface area contributed by atoms with Gasteiger partial charge in [0.1, 0.15) is 11.4 Å². The van der Waals surface area contributed by atoms with E-state index in [-0.39, 0.29) is 0 Å². The average molecular weight is 220 g/mol. The zero-order valence-electron chi connectivity index (χ0n) is 9.39. The smallest absolute Gasteiger partial charge is 0.339 e. The lowest BCUT2D eigenvalue weighted by Gasteiger charge is -2.35. The number of nitrogens with zero attached hydrogens (tertiary/aromatic N) is 2. The highest BCUT2D eigenvalue weighted by molar-refractivity contribution is 5.93. The van der Waals surface area contributed by atoms with Crippen LogP contribution in [0.4, 0.5) is 5.82 Å².